The van der Waals surface area contributed by atoms with Gasteiger partial charge in [-0.15, -0.1) is 11.8 Å². The number of ether oxygens (including phenoxy) is 1. The van der Waals surface area contributed by atoms with Crippen molar-refractivity contribution in [2.45, 2.75) is 50.3 Å². The maximum atomic E-state index is 12.3. The molecule has 0 atom stereocenters. The van der Waals surface area contributed by atoms with Crippen molar-refractivity contribution < 1.29 is 9.53 Å². The van der Waals surface area contributed by atoms with Crippen LogP contribution in [0.4, 0.5) is 0 Å². The molecule has 144 valence electrons. The van der Waals surface area contributed by atoms with Crippen LogP contribution in [0.5, 0.6) is 5.75 Å². The molecule has 0 saturated carbocycles. The Morgan fingerprint density at radius 2 is 1.59 bits per heavy atom. The molecule has 0 N–H and O–H groups in total. The third kappa shape index (κ3) is 8.04. The van der Waals surface area contributed by atoms with Crippen molar-refractivity contribution >= 4 is 23.6 Å². The quantitative estimate of drug-likeness (QED) is 0.170. The number of ketones is 1. The van der Waals surface area contributed by atoms with Crippen molar-refractivity contribution in [2.75, 3.05) is 12.9 Å². The van der Waals surface area contributed by atoms with Crippen LogP contribution in [0.15, 0.2) is 59.5 Å². The Labute approximate surface area is 168 Å². The normalized spacial score (nSPS) is 11.0. The molecule has 0 aliphatic rings. The Bertz CT molecular complexity index is 702. The summed E-state index contributed by atoms with van der Waals surface area (Å²) in [6, 6.07) is 15.6. The molecule has 27 heavy (non-hydrogen) atoms. The molecule has 0 spiro atoms. The molecule has 2 aromatic rings. The van der Waals surface area contributed by atoms with E-state index in [1.54, 1.807) is 17.8 Å². The Morgan fingerprint density at radius 1 is 0.926 bits per heavy atom. The van der Waals surface area contributed by atoms with Gasteiger partial charge in [0.15, 0.2) is 5.78 Å². The predicted octanol–water partition coefficient (Wildman–Crippen LogP) is 7.04. The Morgan fingerprint density at radius 3 is 2.26 bits per heavy atom. The van der Waals surface area contributed by atoms with Gasteiger partial charge in [-0.05, 0) is 60.7 Å². The lowest BCUT2D eigenvalue weighted by Gasteiger charge is -2.06. The van der Waals surface area contributed by atoms with Gasteiger partial charge in [0.05, 0.1) is 6.61 Å². The highest BCUT2D eigenvalue weighted by atomic mass is 32.2. The molecule has 2 rings (SSSR count). The number of thioether (sulfide) groups is 1. The molecule has 0 aromatic heterocycles. The van der Waals surface area contributed by atoms with Crippen LogP contribution in [-0.4, -0.2) is 18.6 Å². The molecule has 0 unspecified atom stereocenters. The van der Waals surface area contributed by atoms with Gasteiger partial charge in [0.2, 0.25) is 0 Å². The first-order chi connectivity index (χ1) is 13.2. The van der Waals surface area contributed by atoms with Crippen molar-refractivity contribution in [2.24, 2.45) is 0 Å². The summed E-state index contributed by atoms with van der Waals surface area (Å²) in [6.45, 7) is 2.97. The van der Waals surface area contributed by atoms with Gasteiger partial charge in [-0.2, -0.15) is 0 Å². The Kier molecular flexibility index (Phi) is 9.78. The van der Waals surface area contributed by atoms with Crippen LogP contribution in [0, 0.1) is 0 Å². The zero-order valence-corrected chi connectivity index (χ0v) is 17.3. The topological polar surface area (TPSA) is 26.3 Å². The molecule has 2 nitrogen and oxygen atoms in total. The third-order valence-electron chi connectivity index (χ3n) is 4.45. The summed E-state index contributed by atoms with van der Waals surface area (Å²) in [5.74, 6) is 0.836. The van der Waals surface area contributed by atoms with E-state index in [9.17, 15) is 4.79 Å². The van der Waals surface area contributed by atoms with Crippen molar-refractivity contribution in [1.29, 1.82) is 0 Å². The van der Waals surface area contributed by atoms with E-state index in [4.69, 9.17) is 4.74 Å². The predicted molar refractivity (Wildman–Crippen MR) is 117 cm³/mol. The van der Waals surface area contributed by atoms with E-state index in [-0.39, 0.29) is 5.78 Å². The summed E-state index contributed by atoms with van der Waals surface area (Å²) >= 11 is 1.71. The zero-order chi connectivity index (χ0) is 19.3. The highest BCUT2D eigenvalue weighted by Gasteiger charge is 2.02. The van der Waals surface area contributed by atoms with E-state index >= 15 is 0 Å². The highest BCUT2D eigenvalue weighted by molar-refractivity contribution is 7.98. The number of hydrogen-bond donors (Lipinski definition) is 0. The number of carbonyl (C=O) groups excluding carboxylic acids is 1. The average Bonchev–Trinajstić information content (AvgIpc) is 2.72. The first kappa shape index (κ1) is 21.3. The fraction of sp³-hybridized carbons (Fsp3) is 0.375. The summed E-state index contributed by atoms with van der Waals surface area (Å²) < 4.78 is 5.77. The first-order valence-electron chi connectivity index (χ1n) is 9.82. The molecule has 0 bridgehead atoms. The van der Waals surface area contributed by atoms with Crippen LogP contribution < -0.4 is 4.74 Å². The van der Waals surface area contributed by atoms with Crippen molar-refractivity contribution in [3.8, 4) is 5.75 Å². The molecular weight excluding hydrogens is 352 g/mol. The van der Waals surface area contributed by atoms with Crippen LogP contribution in [0.2, 0.25) is 0 Å². The van der Waals surface area contributed by atoms with Crippen LogP contribution in [0.1, 0.15) is 61.4 Å². The monoisotopic (exact) mass is 382 g/mol. The van der Waals surface area contributed by atoms with Crippen molar-refractivity contribution in [3.63, 3.8) is 0 Å². The summed E-state index contributed by atoms with van der Waals surface area (Å²) in [4.78, 5) is 13.5. The largest absolute Gasteiger partial charge is 0.494 e. The lowest BCUT2D eigenvalue weighted by atomic mass is 10.1. The molecule has 0 radical (unpaired) electrons. The summed E-state index contributed by atoms with van der Waals surface area (Å²) in [5, 5.41) is 0. The minimum atomic E-state index is 0.00594. The fourth-order valence-corrected chi connectivity index (χ4v) is 3.18. The second-order valence-corrected chi connectivity index (χ2v) is 7.49. The first-order valence-corrected chi connectivity index (χ1v) is 11.0. The molecular formula is C24H30O2S. The lowest BCUT2D eigenvalue weighted by Crippen LogP contribution is -1.98. The lowest BCUT2D eigenvalue weighted by molar-refractivity contribution is 0.104. The van der Waals surface area contributed by atoms with E-state index in [1.807, 2.05) is 42.5 Å². The SMILES string of the molecule is CCCCCCCCOc1ccc(C(=O)/C=C/c2ccc(SC)cc2)cc1. The minimum absolute atomic E-state index is 0.00594. The second-order valence-electron chi connectivity index (χ2n) is 6.61. The summed E-state index contributed by atoms with van der Waals surface area (Å²) in [7, 11) is 0. The van der Waals surface area contributed by atoms with Gasteiger partial charge in [-0.3, -0.25) is 4.79 Å². The summed E-state index contributed by atoms with van der Waals surface area (Å²) in [5.41, 5.74) is 1.71. The van der Waals surface area contributed by atoms with E-state index in [0.29, 0.717) is 5.56 Å². The molecule has 0 amide bonds. The Hall–Kier alpha value is -2.00. The Balaban J connectivity index is 1.76. The van der Waals surface area contributed by atoms with E-state index in [1.165, 1.54) is 37.0 Å². The maximum absolute atomic E-state index is 12.3. The molecule has 0 saturated heterocycles. The maximum Gasteiger partial charge on any atom is 0.185 e. The minimum Gasteiger partial charge on any atom is -0.494 e. The van der Waals surface area contributed by atoms with E-state index in [0.717, 1.165) is 24.3 Å². The second kappa shape index (κ2) is 12.4. The smallest absolute Gasteiger partial charge is 0.185 e. The molecule has 0 aliphatic carbocycles. The zero-order valence-electron chi connectivity index (χ0n) is 16.4. The molecule has 3 heteroatoms. The molecule has 0 heterocycles. The number of allylic oxidation sites excluding steroid dienone is 1. The van der Waals surface area contributed by atoms with E-state index < -0.39 is 0 Å². The van der Waals surface area contributed by atoms with Gasteiger partial charge in [-0.1, -0.05) is 57.2 Å². The highest BCUT2D eigenvalue weighted by Crippen LogP contribution is 2.17. The number of unbranched alkanes of at least 4 members (excludes halogenated alkanes) is 5. The van der Waals surface area contributed by atoms with Gasteiger partial charge in [0, 0.05) is 10.5 Å². The third-order valence-corrected chi connectivity index (χ3v) is 5.19. The van der Waals surface area contributed by atoms with Gasteiger partial charge >= 0.3 is 0 Å². The van der Waals surface area contributed by atoms with Gasteiger partial charge in [0.1, 0.15) is 5.75 Å². The van der Waals surface area contributed by atoms with E-state index in [2.05, 4.69) is 25.3 Å². The van der Waals surface area contributed by atoms with Crippen LogP contribution in [-0.2, 0) is 0 Å². The fourth-order valence-electron chi connectivity index (χ4n) is 2.77. The average molecular weight is 383 g/mol. The molecule has 0 aliphatic heterocycles. The number of benzene rings is 2. The number of carbonyl (C=O) groups is 1. The van der Waals surface area contributed by atoms with Crippen LogP contribution in [0.3, 0.4) is 0 Å². The van der Waals surface area contributed by atoms with Gasteiger partial charge in [0.25, 0.3) is 0 Å². The summed E-state index contributed by atoms with van der Waals surface area (Å²) in [6.07, 6.45) is 13.1. The molecule has 2 aromatic carbocycles. The van der Waals surface area contributed by atoms with Gasteiger partial charge in [-0.25, -0.2) is 0 Å². The molecule has 0 fully saturated rings. The standard InChI is InChI=1S/C24H30O2S/c1-3-4-5-6-7-8-19-26-22-14-12-21(13-15-22)24(25)18-11-20-9-16-23(27-2)17-10-20/h9-18H,3-8,19H2,1-2H3/b18-11+. The van der Waals surface area contributed by atoms with Crippen molar-refractivity contribution in [1.82, 2.24) is 0 Å². The van der Waals surface area contributed by atoms with Gasteiger partial charge < -0.3 is 4.74 Å². The van der Waals surface area contributed by atoms with Crippen LogP contribution >= 0.6 is 11.8 Å². The number of hydrogen-bond acceptors (Lipinski definition) is 3. The van der Waals surface area contributed by atoms with Crippen LogP contribution in [0.25, 0.3) is 6.08 Å². The number of rotatable bonds is 12. The van der Waals surface area contributed by atoms with Crippen molar-refractivity contribution in [3.05, 3.63) is 65.7 Å².